The summed E-state index contributed by atoms with van der Waals surface area (Å²) >= 11 is 0. The second-order valence-corrected chi connectivity index (χ2v) is 3.91. The van der Waals surface area contributed by atoms with E-state index in [9.17, 15) is 0 Å². The fourth-order valence-electron chi connectivity index (χ4n) is 2.58. The van der Waals surface area contributed by atoms with E-state index in [4.69, 9.17) is 5.11 Å². The standard InChI is InChI=1S/C9H17NO.3B/c11-6-3-9-7-10-4-1-8(9)2-5-10;;;/h8-9,11H,1-7H2;;;/t9-;;;/m1.../s1. The van der Waals surface area contributed by atoms with Gasteiger partial charge < -0.3 is 10.0 Å². The molecule has 9 radical (unpaired) electrons. The lowest BCUT2D eigenvalue weighted by Crippen LogP contribution is -2.47. The van der Waals surface area contributed by atoms with Gasteiger partial charge in [-0.3, -0.25) is 0 Å². The SMILES string of the molecule is OCC[C@@H]1CN2CCC1CC2.[B].[B].[B]. The van der Waals surface area contributed by atoms with Crippen LogP contribution in [-0.2, 0) is 0 Å². The maximum absolute atomic E-state index is 8.83. The molecule has 3 saturated heterocycles. The Morgan fingerprint density at radius 1 is 1.07 bits per heavy atom. The highest BCUT2D eigenvalue weighted by Gasteiger charge is 2.33. The van der Waals surface area contributed by atoms with Crippen molar-refractivity contribution < 1.29 is 5.11 Å². The molecule has 3 aliphatic rings. The smallest absolute Gasteiger partial charge is 0.0434 e. The minimum absolute atomic E-state index is 0. The zero-order chi connectivity index (χ0) is 7.68. The molecule has 1 N–H and O–H groups in total. The Labute approximate surface area is 93.2 Å². The molecule has 3 rings (SSSR count). The number of aliphatic hydroxyl groups excluding tert-OH is 1. The fourth-order valence-corrected chi connectivity index (χ4v) is 2.58. The number of hydrogen-bond donors (Lipinski definition) is 1. The summed E-state index contributed by atoms with van der Waals surface area (Å²) in [5.74, 6) is 1.75. The number of piperidine rings is 3. The van der Waals surface area contributed by atoms with Gasteiger partial charge in [0.05, 0.1) is 0 Å². The first-order valence-corrected chi connectivity index (χ1v) is 4.73. The van der Waals surface area contributed by atoms with Crippen molar-refractivity contribution in [3.05, 3.63) is 0 Å². The summed E-state index contributed by atoms with van der Waals surface area (Å²) in [6.45, 7) is 4.26. The molecule has 1 atom stereocenters. The van der Waals surface area contributed by atoms with E-state index < -0.39 is 0 Å². The minimum atomic E-state index is 0. The third-order valence-corrected chi connectivity index (χ3v) is 3.29. The van der Waals surface area contributed by atoms with Gasteiger partial charge in [-0.05, 0) is 44.2 Å². The van der Waals surface area contributed by atoms with Crippen molar-refractivity contribution in [2.75, 3.05) is 26.2 Å². The van der Waals surface area contributed by atoms with E-state index in [-0.39, 0.29) is 25.2 Å². The van der Waals surface area contributed by atoms with Crippen LogP contribution in [0.5, 0.6) is 0 Å². The molecule has 3 aliphatic heterocycles. The molecule has 3 fully saturated rings. The van der Waals surface area contributed by atoms with Gasteiger partial charge in [-0.2, -0.15) is 0 Å². The minimum Gasteiger partial charge on any atom is -0.396 e. The summed E-state index contributed by atoms with van der Waals surface area (Å²) in [7, 11) is 0. The average Bonchev–Trinajstić information content (AvgIpc) is 2.07. The number of rotatable bonds is 2. The molecule has 5 heteroatoms. The van der Waals surface area contributed by atoms with Crippen molar-refractivity contribution >= 4 is 25.2 Å². The van der Waals surface area contributed by atoms with Gasteiger partial charge in [0.25, 0.3) is 0 Å². The second-order valence-electron chi connectivity index (χ2n) is 3.91. The first-order valence-electron chi connectivity index (χ1n) is 4.73. The Hall–Kier alpha value is 0.115. The van der Waals surface area contributed by atoms with Crippen molar-refractivity contribution in [1.82, 2.24) is 4.90 Å². The second kappa shape index (κ2) is 7.41. The summed E-state index contributed by atoms with van der Waals surface area (Å²) in [6.07, 6.45) is 3.79. The van der Waals surface area contributed by atoms with Crippen molar-refractivity contribution in [3.8, 4) is 0 Å². The highest BCUT2D eigenvalue weighted by atomic mass is 16.3. The monoisotopic (exact) mass is 188 g/mol. The van der Waals surface area contributed by atoms with E-state index >= 15 is 0 Å². The van der Waals surface area contributed by atoms with Gasteiger partial charge in [-0.1, -0.05) is 0 Å². The molecule has 0 saturated carbocycles. The lowest BCUT2D eigenvalue weighted by molar-refractivity contribution is 0.0378. The molecule has 14 heavy (non-hydrogen) atoms. The molecule has 0 unspecified atom stereocenters. The Morgan fingerprint density at radius 2 is 1.64 bits per heavy atom. The summed E-state index contributed by atoms with van der Waals surface area (Å²) in [5.41, 5.74) is 0. The van der Waals surface area contributed by atoms with Crippen LogP contribution in [0.15, 0.2) is 0 Å². The van der Waals surface area contributed by atoms with E-state index in [1.54, 1.807) is 0 Å². The molecule has 0 aromatic carbocycles. The highest BCUT2D eigenvalue weighted by Crippen LogP contribution is 2.33. The fraction of sp³-hybridized carbons (Fsp3) is 1.00. The summed E-state index contributed by atoms with van der Waals surface area (Å²) in [4.78, 5) is 2.54. The number of nitrogens with zero attached hydrogens (tertiary/aromatic N) is 1. The van der Waals surface area contributed by atoms with Crippen molar-refractivity contribution in [2.45, 2.75) is 19.3 Å². The predicted molar refractivity (Wildman–Crippen MR) is 61.6 cm³/mol. The van der Waals surface area contributed by atoms with E-state index in [1.807, 2.05) is 0 Å². The third kappa shape index (κ3) is 3.36. The van der Waals surface area contributed by atoms with E-state index in [0.717, 1.165) is 18.3 Å². The van der Waals surface area contributed by atoms with Crippen LogP contribution in [0.2, 0.25) is 0 Å². The number of fused-ring (bicyclic) bond motifs is 3. The van der Waals surface area contributed by atoms with Gasteiger partial charge in [0.2, 0.25) is 0 Å². The molecule has 3 heterocycles. The largest absolute Gasteiger partial charge is 0.396 e. The van der Waals surface area contributed by atoms with Crippen LogP contribution in [0.4, 0.5) is 0 Å². The topological polar surface area (TPSA) is 23.5 Å². The molecule has 0 amide bonds. The van der Waals surface area contributed by atoms with Gasteiger partial charge in [-0.25, -0.2) is 0 Å². The number of hydrogen-bond acceptors (Lipinski definition) is 2. The Kier molecular flexibility index (Phi) is 8.76. The van der Waals surface area contributed by atoms with E-state index in [0.29, 0.717) is 6.61 Å². The lowest BCUT2D eigenvalue weighted by atomic mass is 9.78. The van der Waals surface area contributed by atoms with Gasteiger partial charge >= 0.3 is 0 Å². The highest BCUT2D eigenvalue weighted by molar-refractivity contribution is 5.76. The zero-order valence-electron chi connectivity index (χ0n) is 8.73. The van der Waals surface area contributed by atoms with Gasteiger partial charge in [0.15, 0.2) is 0 Å². The van der Waals surface area contributed by atoms with Crippen LogP contribution in [0, 0.1) is 11.8 Å². The Morgan fingerprint density at radius 3 is 2.00 bits per heavy atom. The van der Waals surface area contributed by atoms with Crippen LogP contribution in [0.25, 0.3) is 0 Å². The molecular formula is C9H17B3NO. The maximum atomic E-state index is 8.83. The van der Waals surface area contributed by atoms with Crippen LogP contribution in [-0.4, -0.2) is 61.5 Å². The van der Waals surface area contributed by atoms with Crippen LogP contribution in [0.3, 0.4) is 0 Å². The number of aliphatic hydroxyl groups is 1. The molecule has 0 aliphatic carbocycles. The summed E-state index contributed by atoms with van der Waals surface area (Å²) < 4.78 is 0. The molecule has 2 nitrogen and oxygen atoms in total. The average molecular weight is 188 g/mol. The van der Waals surface area contributed by atoms with Crippen molar-refractivity contribution in [2.24, 2.45) is 11.8 Å². The predicted octanol–water partition coefficient (Wildman–Crippen LogP) is -0.432. The van der Waals surface area contributed by atoms with Crippen LogP contribution in [0.1, 0.15) is 19.3 Å². The first kappa shape index (κ1) is 16.5. The summed E-state index contributed by atoms with van der Waals surface area (Å²) in [6, 6.07) is 0. The van der Waals surface area contributed by atoms with Gasteiger partial charge in [0, 0.05) is 38.4 Å². The molecule has 0 aromatic rings. The van der Waals surface area contributed by atoms with E-state index in [2.05, 4.69) is 4.90 Å². The molecule has 73 valence electrons. The van der Waals surface area contributed by atoms with Crippen LogP contribution >= 0.6 is 0 Å². The normalized spacial score (nSPS) is 33.6. The molecule has 0 spiro atoms. The molecular weight excluding hydrogens is 171 g/mol. The zero-order valence-corrected chi connectivity index (χ0v) is 8.73. The maximum Gasteiger partial charge on any atom is 0.0434 e. The Balaban J connectivity index is 0. The summed E-state index contributed by atoms with van der Waals surface area (Å²) in [5, 5.41) is 8.83. The Bertz CT molecular complexity index is 140. The third-order valence-electron chi connectivity index (χ3n) is 3.29. The van der Waals surface area contributed by atoms with Gasteiger partial charge in [0.1, 0.15) is 0 Å². The van der Waals surface area contributed by atoms with Crippen LogP contribution < -0.4 is 0 Å². The van der Waals surface area contributed by atoms with E-state index in [1.165, 1.54) is 32.5 Å². The lowest BCUT2D eigenvalue weighted by Gasteiger charge is -2.44. The van der Waals surface area contributed by atoms with Gasteiger partial charge in [-0.15, -0.1) is 0 Å². The van der Waals surface area contributed by atoms with Crippen molar-refractivity contribution in [3.63, 3.8) is 0 Å². The quantitative estimate of drug-likeness (QED) is 0.594. The first-order chi connectivity index (χ1) is 5.40. The molecule has 2 bridgehead atoms. The van der Waals surface area contributed by atoms with Crippen molar-refractivity contribution in [1.29, 1.82) is 0 Å². The molecule has 0 aromatic heterocycles.